The number of rotatable bonds is 7. The molecule has 16 heavy (non-hydrogen) atoms. The lowest BCUT2D eigenvalue weighted by Gasteiger charge is -2.28. The summed E-state index contributed by atoms with van der Waals surface area (Å²) < 4.78 is 0. The molecule has 0 rings (SSSR count). The normalized spacial score (nSPS) is 13.2. The van der Waals surface area contributed by atoms with E-state index in [9.17, 15) is 4.79 Å². The molecule has 0 aromatic rings. The van der Waals surface area contributed by atoms with Crippen LogP contribution in [0.5, 0.6) is 0 Å². The fraction of sp³-hybridized carbons (Fsp3) is 0.923. The Bertz CT molecular complexity index is 204. The summed E-state index contributed by atoms with van der Waals surface area (Å²) in [6.45, 7) is 14.1. The van der Waals surface area contributed by atoms with Gasteiger partial charge in [0, 0.05) is 25.6 Å². The van der Waals surface area contributed by atoms with Crippen molar-refractivity contribution in [3.05, 3.63) is 0 Å². The summed E-state index contributed by atoms with van der Waals surface area (Å²) in [5.74, 6) is 0.847. The van der Waals surface area contributed by atoms with Crippen LogP contribution in [0.4, 0.5) is 0 Å². The number of carbonyl (C=O) groups is 1. The molecule has 0 aromatic carbocycles. The van der Waals surface area contributed by atoms with Crippen molar-refractivity contribution >= 4 is 5.91 Å². The summed E-state index contributed by atoms with van der Waals surface area (Å²) in [6, 6.07) is 0. The highest BCUT2D eigenvalue weighted by molar-refractivity contribution is 5.78. The number of hydrogen-bond donors (Lipinski definition) is 0. The second-order valence-corrected chi connectivity index (χ2v) is 4.85. The zero-order valence-electron chi connectivity index (χ0n) is 11.8. The second kappa shape index (κ2) is 7.66. The minimum atomic E-state index is 0.131. The van der Waals surface area contributed by atoms with Crippen LogP contribution in [-0.4, -0.2) is 48.9 Å². The summed E-state index contributed by atoms with van der Waals surface area (Å²) in [5, 5.41) is 0. The molecule has 0 N–H and O–H groups in total. The average molecular weight is 228 g/mol. The highest BCUT2D eigenvalue weighted by Crippen LogP contribution is 2.13. The quantitative estimate of drug-likeness (QED) is 0.666. The predicted octanol–water partition coefficient (Wildman–Crippen LogP) is 2.08. The van der Waals surface area contributed by atoms with E-state index in [0.29, 0.717) is 11.8 Å². The number of nitrogens with zero attached hydrogens (tertiary/aromatic N) is 2. The third kappa shape index (κ3) is 4.97. The fourth-order valence-corrected chi connectivity index (χ4v) is 1.45. The van der Waals surface area contributed by atoms with Crippen molar-refractivity contribution in [2.45, 2.75) is 34.6 Å². The van der Waals surface area contributed by atoms with Gasteiger partial charge in [0.05, 0.1) is 0 Å². The van der Waals surface area contributed by atoms with Crippen LogP contribution in [0.1, 0.15) is 34.6 Å². The van der Waals surface area contributed by atoms with E-state index in [0.717, 1.165) is 26.2 Å². The van der Waals surface area contributed by atoms with Gasteiger partial charge in [0.1, 0.15) is 0 Å². The Kier molecular flexibility index (Phi) is 7.39. The van der Waals surface area contributed by atoms with Gasteiger partial charge in [0.2, 0.25) is 5.91 Å². The van der Waals surface area contributed by atoms with Crippen LogP contribution >= 0.6 is 0 Å². The Labute approximate surface area is 101 Å². The topological polar surface area (TPSA) is 23.6 Å². The first-order chi connectivity index (χ1) is 7.43. The summed E-state index contributed by atoms with van der Waals surface area (Å²) in [6.07, 6.45) is 0. The van der Waals surface area contributed by atoms with Gasteiger partial charge in [-0.15, -0.1) is 0 Å². The number of amides is 1. The van der Waals surface area contributed by atoms with Gasteiger partial charge in [-0.1, -0.05) is 27.7 Å². The van der Waals surface area contributed by atoms with Crippen LogP contribution in [0.2, 0.25) is 0 Å². The second-order valence-electron chi connectivity index (χ2n) is 4.85. The van der Waals surface area contributed by atoms with Crippen molar-refractivity contribution in [2.24, 2.45) is 11.8 Å². The lowest BCUT2D eigenvalue weighted by atomic mass is 9.96. The van der Waals surface area contributed by atoms with Crippen molar-refractivity contribution in [1.82, 2.24) is 9.80 Å². The minimum Gasteiger partial charge on any atom is -0.341 e. The molecule has 3 heteroatoms. The molecule has 1 atom stereocenters. The van der Waals surface area contributed by atoms with Crippen LogP contribution in [-0.2, 0) is 4.79 Å². The average Bonchev–Trinajstić information content (AvgIpc) is 2.27. The SMILES string of the molecule is CCN(C)CCN(CC)C(=O)C(C)C(C)C. The maximum atomic E-state index is 12.1. The van der Waals surface area contributed by atoms with E-state index in [1.54, 1.807) is 0 Å². The Balaban J connectivity index is 4.22. The van der Waals surface area contributed by atoms with Crippen LogP contribution in [0.3, 0.4) is 0 Å². The Hall–Kier alpha value is -0.570. The summed E-state index contributed by atoms with van der Waals surface area (Å²) in [7, 11) is 2.09. The van der Waals surface area contributed by atoms with Crippen molar-refractivity contribution < 1.29 is 4.79 Å². The van der Waals surface area contributed by atoms with E-state index in [4.69, 9.17) is 0 Å². The molecule has 0 bridgehead atoms. The molecule has 0 fully saturated rings. The van der Waals surface area contributed by atoms with E-state index in [1.165, 1.54) is 0 Å². The first kappa shape index (κ1) is 15.4. The van der Waals surface area contributed by atoms with Gasteiger partial charge in [-0.3, -0.25) is 4.79 Å². The molecule has 0 spiro atoms. The molecule has 96 valence electrons. The fourth-order valence-electron chi connectivity index (χ4n) is 1.45. The molecular formula is C13H28N2O. The molecule has 0 saturated carbocycles. The molecule has 0 radical (unpaired) electrons. The van der Waals surface area contributed by atoms with Crippen molar-refractivity contribution in [2.75, 3.05) is 33.2 Å². The highest BCUT2D eigenvalue weighted by atomic mass is 16.2. The van der Waals surface area contributed by atoms with Gasteiger partial charge in [-0.2, -0.15) is 0 Å². The van der Waals surface area contributed by atoms with Crippen LogP contribution in [0.25, 0.3) is 0 Å². The summed E-state index contributed by atoms with van der Waals surface area (Å²) in [5.41, 5.74) is 0. The highest BCUT2D eigenvalue weighted by Gasteiger charge is 2.21. The first-order valence-electron chi connectivity index (χ1n) is 6.41. The molecule has 0 aliphatic carbocycles. The molecule has 1 unspecified atom stereocenters. The van der Waals surface area contributed by atoms with Gasteiger partial charge in [0.25, 0.3) is 0 Å². The van der Waals surface area contributed by atoms with E-state index in [2.05, 4.69) is 39.6 Å². The van der Waals surface area contributed by atoms with Crippen LogP contribution < -0.4 is 0 Å². The molecule has 0 saturated heterocycles. The largest absolute Gasteiger partial charge is 0.341 e. The Morgan fingerprint density at radius 1 is 1.06 bits per heavy atom. The van der Waals surface area contributed by atoms with Gasteiger partial charge in [0.15, 0.2) is 0 Å². The third-order valence-electron chi connectivity index (χ3n) is 3.37. The summed E-state index contributed by atoms with van der Waals surface area (Å²) >= 11 is 0. The van der Waals surface area contributed by atoms with E-state index in [-0.39, 0.29) is 5.92 Å². The standard InChI is InChI=1S/C13H28N2O/c1-7-14(6)9-10-15(8-2)13(16)12(5)11(3)4/h11-12H,7-10H2,1-6H3. The van der Waals surface area contributed by atoms with E-state index >= 15 is 0 Å². The smallest absolute Gasteiger partial charge is 0.225 e. The molecule has 0 aliphatic rings. The maximum absolute atomic E-state index is 12.1. The zero-order valence-corrected chi connectivity index (χ0v) is 11.8. The zero-order chi connectivity index (χ0) is 12.7. The molecule has 0 aliphatic heterocycles. The van der Waals surface area contributed by atoms with Crippen LogP contribution in [0.15, 0.2) is 0 Å². The lowest BCUT2D eigenvalue weighted by molar-refractivity contribution is -0.136. The Morgan fingerprint density at radius 2 is 1.62 bits per heavy atom. The molecule has 0 heterocycles. The van der Waals surface area contributed by atoms with Gasteiger partial charge >= 0.3 is 0 Å². The third-order valence-corrected chi connectivity index (χ3v) is 3.37. The van der Waals surface area contributed by atoms with E-state index < -0.39 is 0 Å². The molecule has 1 amide bonds. The number of likely N-dealkylation sites (N-methyl/N-ethyl adjacent to an activating group) is 2. The minimum absolute atomic E-state index is 0.131. The molecule has 3 nitrogen and oxygen atoms in total. The monoisotopic (exact) mass is 228 g/mol. The van der Waals surface area contributed by atoms with Crippen LogP contribution in [0, 0.1) is 11.8 Å². The summed E-state index contributed by atoms with van der Waals surface area (Å²) in [4.78, 5) is 16.3. The predicted molar refractivity (Wildman–Crippen MR) is 69.4 cm³/mol. The van der Waals surface area contributed by atoms with Crippen molar-refractivity contribution in [3.63, 3.8) is 0 Å². The first-order valence-corrected chi connectivity index (χ1v) is 6.41. The van der Waals surface area contributed by atoms with Crippen molar-refractivity contribution in [1.29, 1.82) is 0 Å². The molecule has 0 aromatic heterocycles. The Morgan fingerprint density at radius 3 is 2.00 bits per heavy atom. The number of carbonyl (C=O) groups excluding carboxylic acids is 1. The van der Waals surface area contributed by atoms with Gasteiger partial charge < -0.3 is 9.80 Å². The van der Waals surface area contributed by atoms with Crippen molar-refractivity contribution in [3.8, 4) is 0 Å². The van der Waals surface area contributed by atoms with E-state index in [1.807, 2.05) is 11.8 Å². The van der Waals surface area contributed by atoms with Gasteiger partial charge in [-0.05, 0) is 26.4 Å². The maximum Gasteiger partial charge on any atom is 0.225 e. The van der Waals surface area contributed by atoms with Gasteiger partial charge in [-0.25, -0.2) is 0 Å². The number of hydrogen-bond acceptors (Lipinski definition) is 2. The molecular weight excluding hydrogens is 200 g/mol. The lowest BCUT2D eigenvalue weighted by Crippen LogP contribution is -2.41.